The van der Waals surface area contributed by atoms with E-state index in [9.17, 15) is 18.8 Å². The number of anilines is 3. The average Bonchev–Trinajstić information content (AvgIpc) is 3.30. The van der Waals surface area contributed by atoms with Gasteiger partial charge in [-0.05, 0) is 49.4 Å². The zero-order valence-corrected chi connectivity index (χ0v) is 19.8. The zero-order chi connectivity index (χ0) is 25.7. The van der Waals surface area contributed by atoms with Crippen LogP contribution in [-0.2, 0) is 19.1 Å². The molecule has 4 amide bonds. The molecule has 10 heteroatoms. The van der Waals surface area contributed by atoms with Crippen LogP contribution in [0.25, 0.3) is 0 Å². The summed E-state index contributed by atoms with van der Waals surface area (Å²) >= 11 is 0. The quantitative estimate of drug-likeness (QED) is 0.602. The highest BCUT2D eigenvalue weighted by molar-refractivity contribution is 6.00. The number of morpholine rings is 1. The fourth-order valence-electron chi connectivity index (χ4n) is 4.25. The number of likely N-dealkylation sites (tertiary alicyclic amines) is 1. The summed E-state index contributed by atoms with van der Waals surface area (Å²) in [6.07, 6.45) is 5.30. The van der Waals surface area contributed by atoms with E-state index in [1.165, 1.54) is 21.9 Å². The third-order valence-corrected chi connectivity index (χ3v) is 6.04. The molecular weight excluding hydrogens is 467 g/mol. The van der Waals surface area contributed by atoms with Crippen LogP contribution in [0.15, 0.2) is 42.5 Å². The van der Waals surface area contributed by atoms with Crippen molar-refractivity contribution < 1.29 is 28.2 Å². The van der Waals surface area contributed by atoms with Crippen molar-refractivity contribution in [1.29, 1.82) is 0 Å². The van der Waals surface area contributed by atoms with Crippen LogP contribution < -0.4 is 15.5 Å². The molecular formula is C26H27FN4O5. The summed E-state index contributed by atoms with van der Waals surface area (Å²) in [6.45, 7) is 3.09. The maximum atomic E-state index is 14.9. The van der Waals surface area contributed by atoms with Gasteiger partial charge in [0.05, 0.1) is 18.4 Å². The van der Waals surface area contributed by atoms with Gasteiger partial charge in [-0.1, -0.05) is 5.92 Å². The van der Waals surface area contributed by atoms with Gasteiger partial charge in [0.15, 0.2) is 0 Å². The molecule has 2 aliphatic rings. The summed E-state index contributed by atoms with van der Waals surface area (Å²) in [5.74, 6) is 1.02. The Bertz CT molecular complexity index is 1180. The molecule has 2 heterocycles. The van der Waals surface area contributed by atoms with E-state index in [1.807, 2.05) is 6.92 Å². The molecule has 0 radical (unpaired) electrons. The molecule has 36 heavy (non-hydrogen) atoms. The van der Waals surface area contributed by atoms with Crippen molar-refractivity contribution in [2.45, 2.75) is 25.5 Å². The molecule has 0 spiro atoms. The van der Waals surface area contributed by atoms with E-state index in [2.05, 4.69) is 16.6 Å². The molecule has 0 saturated carbocycles. The van der Waals surface area contributed by atoms with Gasteiger partial charge in [0.2, 0.25) is 5.91 Å². The number of rotatable bonds is 6. The Kier molecular flexibility index (Phi) is 7.83. The molecule has 2 N–H and O–H groups in total. The minimum atomic E-state index is -0.869. The number of carbonyl (C=O) groups excluding carboxylic acids is 3. The first-order valence-corrected chi connectivity index (χ1v) is 11.6. The largest absolute Gasteiger partial charge is 0.377 e. The van der Waals surface area contributed by atoms with Crippen molar-refractivity contribution in [2.75, 3.05) is 48.4 Å². The first kappa shape index (κ1) is 25.2. The molecule has 9 nitrogen and oxygen atoms in total. The zero-order valence-electron chi connectivity index (χ0n) is 19.8. The molecule has 2 aliphatic heterocycles. The summed E-state index contributed by atoms with van der Waals surface area (Å²) in [7, 11) is 0. The molecule has 2 aromatic rings. The van der Waals surface area contributed by atoms with Gasteiger partial charge >= 0.3 is 6.03 Å². The van der Waals surface area contributed by atoms with Gasteiger partial charge < -0.3 is 29.9 Å². The number of nitrogens with zero attached hydrogens (tertiary/aromatic N) is 2. The smallest absolute Gasteiger partial charge is 0.322 e. The Morgan fingerprint density at radius 3 is 2.67 bits per heavy atom. The van der Waals surface area contributed by atoms with E-state index in [-0.39, 0.29) is 37.3 Å². The van der Waals surface area contributed by atoms with Crippen molar-refractivity contribution in [3.8, 4) is 12.3 Å². The molecule has 0 unspecified atom stereocenters. The highest BCUT2D eigenvalue weighted by Gasteiger charge is 2.40. The van der Waals surface area contributed by atoms with Crippen LogP contribution in [0.1, 0.15) is 18.9 Å². The molecule has 2 aromatic carbocycles. The van der Waals surface area contributed by atoms with Crippen LogP contribution in [0.3, 0.4) is 0 Å². The fraction of sp³-hybridized carbons (Fsp3) is 0.346. The number of hydrogen-bond acceptors (Lipinski definition) is 5. The third-order valence-electron chi connectivity index (χ3n) is 6.04. The SMILES string of the molecule is C#Cc1ccc(NC(=O)N2C[C@H](OCC)C[C@@H]2C(=O)Nc2ccc(N3CCOCC3=O)cc2F)cc1. The lowest BCUT2D eigenvalue weighted by Gasteiger charge is -2.27. The van der Waals surface area contributed by atoms with E-state index >= 15 is 0 Å². The highest BCUT2D eigenvalue weighted by atomic mass is 19.1. The maximum absolute atomic E-state index is 14.9. The topological polar surface area (TPSA) is 100 Å². The number of terminal acetylenes is 1. The summed E-state index contributed by atoms with van der Waals surface area (Å²) in [6, 6.07) is 9.55. The number of ether oxygens (including phenoxy) is 2. The van der Waals surface area contributed by atoms with Gasteiger partial charge in [0, 0.05) is 43.1 Å². The number of carbonyl (C=O) groups is 3. The summed E-state index contributed by atoms with van der Waals surface area (Å²) in [5.41, 5.74) is 1.54. The molecule has 0 bridgehead atoms. The Morgan fingerprint density at radius 1 is 1.22 bits per heavy atom. The molecule has 2 fully saturated rings. The van der Waals surface area contributed by atoms with Crippen LogP contribution in [0.2, 0.25) is 0 Å². The van der Waals surface area contributed by atoms with Crippen molar-refractivity contribution in [1.82, 2.24) is 4.90 Å². The lowest BCUT2D eigenvalue weighted by atomic mass is 10.1. The highest BCUT2D eigenvalue weighted by Crippen LogP contribution is 2.26. The van der Waals surface area contributed by atoms with E-state index < -0.39 is 23.8 Å². The lowest BCUT2D eigenvalue weighted by molar-refractivity contribution is -0.125. The maximum Gasteiger partial charge on any atom is 0.322 e. The monoisotopic (exact) mass is 494 g/mol. The van der Waals surface area contributed by atoms with Gasteiger partial charge in [0.25, 0.3) is 5.91 Å². The van der Waals surface area contributed by atoms with Crippen molar-refractivity contribution >= 4 is 34.9 Å². The van der Waals surface area contributed by atoms with Crippen LogP contribution in [0, 0.1) is 18.2 Å². The fourth-order valence-corrected chi connectivity index (χ4v) is 4.25. The molecule has 2 atom stereocenters. The number of halogens is 1. The summed E-state index contributed by atoms with van der Waals surface area (Å²) in [4.78, 5) is 41.0. The average molecular weight is 495 g/mol. The van der Waals surface area contributed by atoms with E-state index in [4.69, 9.17) is 15.9 Å². The van der Waals surface area contributed by atoms with E-state index in [0.29, 0.717) is 36.7 Å². The second kappa shape index (κ2) is 11.2. The predicted octanol–water partition coefficient (Wildman–Crippen LogP) is 2.82. The summed E-state index contributed by atoms with van der Waals surface area (Å²) in [5, 5.41) is 5.35. The van der Waals surface area contributed by atoms with Gasteiger partial charge in [-0.15, -0.1) is 6.42 Å². The van der Waals surface area contributed by atoms with E-state index in [0.717, 1.165) is 0 Å². The molecule has 4 rings (SSSR count). The minimum absolute atomic E-state index is 0.0467. The van der Waals surface area contributed by atoms with Crippen molar-refractivity contribution in [3.63, 3.8) is 0 Å². The van der Waals surface area contributed by atoms with Gasteiger partial charge in [-0.3, -0.25) is 9.59 Å². The van der Waals surface area contributed by atoms with Crippen LogP contribution in [-0.4, -0.2) is 67.8 Å². The Balaban J connectivity index is 1.47. The number of amides is 4. The number of benzene rings is 2. The first-order valence-electron chi connectivity index (χ1n) is 11.6. The van der Waals surface area contributed by atoms with Gasteiger partial charge in [-0.25, -0.2) is 9.18 Å². The Labute approximate surface area is 208 Å². The second-order valence-electron chi connectivity index (χ2n) is 8.38. The van der Waals surface area contributed by atoms with Gasteiger partial charge in [0.1, 0.15) is 18.5 Å². The van der Waals surface area contributed by atoms with Gasteiger partial charge in [-0.2, -0.15) is 0 Å². The predicted molar refractivity (Wildman–Crippen MR) is 132 cm³/mol. The number of nitrogens with one attached hydrogen (secondary N) is 2. The standard InChI is InChI=1S/C26H27FN4O5/c1-3-17-5-7-18(8-6-17)28-26(34)31-15-20(36-4-2)14-23(31)25(33)29-22-10-9-19(13-21(22)27)30-11-12-35-16-24(30)32/h1,5-10,13,20,23H,4,11-12,14-16H2,2H3,(H,28,34)(H,29,33)/t20-,23-/m1/s1. The number of hydrogen-bond donors (Lipinski definition) is 2. The minimum Gasteiger partial charge on any atom is -0.377 e. The molecule has 2 saturated heterocycles. The second-order valence-corrected chi connectivity index (χ2v) is 8.38. The first-order chi connectivity index (χ1) is 17.4. The lowest BCUT2D eigenvalue weighted by Crippen LogP contribution is -2.45. The molecule has 0 aliphatic carbocycles. The molecule has 0 aromatic heterocycles. The van der Waals surface area contributed by atoms with Crippen molar-refractivity contribution in [3.05, 3.63) is 53.8 Å². The normalized spacial score (nSPS) is 19.6. The Hall–Kier alpha value is -3.94. The van der Waals surface area contributed by atoms with E-state index in [1.54, 1.807) is 30.3 Å². The summed E-state index contributed by atoms with van der Waals surface area (Å²) < 4.78 is 25.6. The van der Waals surface area contributed by atoms with Crippen LogP contribution in [0.4, 0.5) is 26.2 Å². The van der Waals surface area contributed by atoms with Crippen LogP contribution in [0.5, 0.6) is 0 Å². The third kappa shape index (κ3) is 5.64. The molecule has 188 valence electrons. The van der Waals surface area contributed by atoms with Crippen molar-refractivity contribution in [2.24, 2.45) is 0 Å². The van der Waals surface area contributed by atoms with Crippen LogP contribution >= 0.6 is 0 Å². The number of urea groups is 1. The Morgan fingerprint density at radius 2 is 2.00 bits per heavy atom.